The number of thioether (sulfide) groups is 1. The van der Waals surface area contributed by atoms with E-state index >= 15 is 0 Å². The van der Waals surface area contributed by atoms with Crippen molar-refractivity contribution in [2.75, 3.05) is 20.3 Å². The van der Waals surface area contributed by atoms with Gasteiger partial charge in [0.1, 0.15) is 29.0 Å². The van der Waals surface area contributed by atoms with Crippen LogP contribution in [0, 0.1) is 6.92 Å². The Labute approximate surface area is 183 Å². The maximum Gasteiger partial charge on any atom is 0.265 e. The number of benzene rings is 2. The molecule has 146 valence electrons. The van der Waals surface area contributed by atoms with Crippen LogP contribution in [0.1, 0.15) is 11.1 Å². The number of rotatable bonds is 6. The Bertz CT molecular complexity index is 962. The molecule has 0 saturated carbocycles. The molecule has 4 nitrogen and oxygen atoms in total. The molecule has 0 N–H and O–H groups in total. The summed E-state index contributed by atoms with van der Waals surface area (Å²) in [6.45, 7) is 2.61. The first-order chi connectivity index (χ1) is 13.3. The minimum absolute atomic E-state index is 0.137. The van der Waals surface area contributed by atoms with E-state index in [1.807, 2.05) is 19.1 Å². The van der Waals surface area contributed by atoms with E-state index < -0.39 is 0 Å². The SMILES string of the molecule is Cc1cc(OCCOc2ccc(Cl)cc2/C=C2/SC(=S)N(C)C2=O)ccc1Cl. The molecule has 2 aromatic carbocycles. The molecule has 0 unspecified atom stereocenters. The van der Waals surface area contributed by atoms with Crippen LogP contribution >= 0.6 is 47.2 Å². The van der Waals surface area contributed by atoms with Crippen LogP contribution < -0.4 is 9.47 Å². The number of hydrogen-bond acceptors (Lipinski definition) is 5. The zero-order valence-corrected chi connectivity index (χ0v) is 18.3. The maximum atomic E-state index is 12.2. The van der Waals surface area contributed by atoms with Gasteiger partial charge in [-0.3, -0.25) is 9.69 Å². The molecule has 3 rings (SSSR count). The minimum atomic E-state index is -0.137. The fourth-order valence-corrected chi connectivity index (χ4v) is 3.94. The molecule has 0 aromatic heterocycles. The van der Waals surface area contributed by atoms with E-state index in [9.17, 15) is 4.79 Å². The van der Waals surface area contributed by atoms with Crippen molar-refractivity contribution in [1.82, 2.24) is 4.90 Å². The maximum absolute atomic E-state index is 12.2. The number of hydrogen-bond donors (Lipinski definition) is 0. The first-order valence-corrected chi connectivity index (χ1v) is 10.4. The standard InChI is InChI=1S/C20H17Cl2NO3S2/c1-12-9-15(4-5-16(12)22)25-7-8-26-17-6-3-14(21)10-13(17)11-18-19(24)23(2)20(27)28-18/h3-6,9-11H,7-8H2,1-2H3/b18-11+. The van der Waals surface area contributed by atoms with Crippen LogP contribution in [0.25, 0.3) is 6.08 Å². The van der Waals surface area contributed by atoms with Crippen LogP contribution in [-0.4, -0.2) is 35.4 Å². The lowest BCUT2D eigenvalue weighted by Crippen LogP contribution is -2.22. The number of likely N-dealkylation sites (N-methyl/N-ethyl adjacent to an activating group) is 1. The van der Waals surface area contributed by atoms with Gasteiger partial charge in [0.15, 0.2) is 0 Å². The van der Waals surface area contributed by atoms with Gasteiger partial charge in [-0.1, -0.05) is 47.2 Å². The van der Waals surface area contributed by atoms with Gasteiger partial charge in [-0.15, -0.1) is 0 Å². The smallest absolute Gasteiger partial charge is 0.265 e. The third-order valence-corrected chi connectivity index (χ3v) is 6.13. The second kappa shape index (κ2) is 9.18. The molecular weight excluding hydrogens is 437 g/mol. The summed E-state index contributed by atoms with van der Waals surface area (Å²) in [5.41, 5.74) is 1.66. The first kappa shape index (κ1) is 21.0. The topological polar surface area (TPSA) is 38.8 Å². The highest BCUT2D eigenvalue weighted by Crippen LogP contribution is 2.34. The largest absolute Gasteiger partial charge is 0.490 e. The molecule has 28 heavy (non-hydrogen) atoms. The molecule has 2 aromatic rings. The molecule has 0 spiro atoms. The summed E-state index contributed by atoms with van der Waals surface area (Å²) in [5, 5.41) is 1.25. The Balaban J connectivity index is 1.67. The van der Waals surface area contributed by atoms with Gasteiger partial charge < -0.3 is 9.47 Å². The number of carbonyl (C=O) groups excluding carboxylic acids is 1. The Kier molecular flexibility index (Phi) is 6.88. The monoisotopic (exact) mass is 453 g/mol. The fraction of sp³-hybridized carbons (Fsp3) is 0.200. The molecule has 1 aliphatic rings. The minimum Gasteiger partial charge on any atom is -0.490 e. The van der Waals surface area contributed by atoms with Gasteiger partial charge in [0.25, 0.3) is 5.91 Å². The number of halogens is 2. The molecular formula is C20H17Cl2NO3S2. The van der Waals surface area contributed by atoms with Crippen molar-refractivity contribution in [3.05, 3.63) is 62.5 Å². The normalized spacial score (nSPS) is 15.4. The third-order valence-electron chi connectivity index (χ3n) is 3.98. The fourth-order valence-electron chi connectivity index (χ4n) is 2.47. The molecule has 1 aliphatic heterocycles. The quantitative estimate of drug-likeness (QED) is 0.323. The summed E-state index contributed by atoms with van der Waals surface area (Å²) in [5.74, 6) is 1.21. The van der Waals surface area contributed by atoms with Crippen molar-refractivity contribution in [3.63, 3.8) is 0 Å². The van der Waals surface area contributed by atoms with E-state index in [0.29, 0.717) is 43.8 Å². The van der Waals surface area contributed by atoms with Crippen LogP contribution in [0.5, 0.6) is 11.5 Å². The van der Waals surface area contributed by atoms with Gasteiger partial charge in [0.2, 0.25) is 0 Å². The molecule has 0 radical (unpaired) electrons. The summed E-state index contributed by atoms with van der Waals surface area (Å²) in [7, 11) is 1.66. The van der Waals surface area contributed by atoms with Crippen molar-refractivity contribution in [1.29, 1.82) is 0 Å². The lowest BCUT2D eigenvalue weighted by molar-refractivity contribution is -0.121. The van der Waals surface area contributed by atoms with Gasteiger partial charge in [0.05, 0.1) is 4.91 Å². The van der Waals surface area contributed by atoms with Gasteiger partial charge in [-0.25, -0.2) is 0 Å². The van der Waals surface area contributed by atoms with E-state index in [1.165, 1.54) is 16.7 Å². The Morgan fingerprint density at radius 2 is 1.89 bits per heavy atom. The first-order valence-electron chi connectivity index (χ1n) is 8.38. The average molecular weight is 454 g/mol. The summed E-state index contributed by atoms with van der Waals surface area (Å²) >= 11 is 18.6. The lowest BCUT2D eigenvalue weighted by atomic mass is 10.2. The van der Waals surface area contributed by atoms with Crippen molar-refractivity contribution in [2.24, 2.45) is 0 Å². The van der Waals surface area contributed by atoms with Crippen molar-refractivity contribution in [3.8, 4) is 11.5 Å². The van der Waals surface area contributed by atoms with E-state index in [1.54, 1.807) is 37.4 Å². The summed E-state index contributed by atoms with van der Waals surface area (Å²) in [4.78, 5) is 14.2. The second-order valence-corrected chi connectivity index (χ2v) is 8.55. The van der Waals surface area contributed by atoms with E-state index in [-0.39, 0.29) is 5.91 Å². The van der Waals surface area contributed by atoms with Crippen LogP contribution in [-0.2, 0) is 4.79 Å². The molecule has 0 atom stereocenters. The molecule has 8 heteroatoms. The third kappa shape index (κ3) is 5.00. The van der Waals surface area contributed by atoms with Gasteiger partial charge in [-0.05, 0) is 55.0 Å². The van der Waals surface area contributed by atoms with Gasteiger partial charge >= 0.3 is 0 Å². The average Bonchev–Trinajstić information content (AvgIpc) is 2.90. The Morgan fingerprint density at radius 1 is 1.14 bits per heavy atom. The highest BCUT2D eigenvalue weighted by atomic mass is 35.5. The van der Waals surface area contributed by atoms with Crippen LogP contribution in [0.2, 0.25) is 10.0 Å². The van der Waals surface area contributed by atoms with Crippen LogP contribution in [0.4, 0.5) is 0 Å². The second-order valence-electron chi connectivity index (χ2n) is 6.03. The van der Waals surface area contributed by atoms with E-state index in [2.05, 4.69) is 0 Å². The Morgan fingerprint density at radius 3 is 2.57 bits per heavy atom. The summed E-state index contributed by atoms with van der Waals surface area (Å²) in [6.07, 6.45) is 1.74. The molecule has 1 saturated heterocycles. The molecule has 1 heterocycles. The predicted molar refractivity (Wildman–Crippen MR) is 120 cm³/mol. The Hall–Kier alpha value is -1.73. The lowest BCUT2D eigenvalue weighted by Gasteiger charge is -2.12. The number of aryl methyl sites for hydroxylation is 1. The summed E-state index contributed by atoms with van der Waals surface area (Å²) in [6, 6.07) is 10.8. The number of carbonyl (C=O) groups is 1. The van der Waals surface area contributed by atoms with E-state index in [4.69, 9.17) is 44.9 Å². The number of nitrogens with zero attached hydrogens (tertiary/aromatic N) is 1. The molecule has 1 fully saturated rings. The number of thiocarbonyl (C=S) groups is 1. The predicted octanol–water partition coefficient (Wildman–Crippen LogP) is 5.59. The van der Waals surface area contributed by atoms with Crippen molar-refractivity contribution in [2.45, 2.75) is 6.92 Å². The molecule has 1 amide bonds. The highest BCUT2D eigenvalue weighted by Gasteiger charge is 2.29. The molecule has 0 aliphatic carbocycles. The van der Waals surface area contributed by atoms with Gasteiger partial charge in [-0.2, -0.15) is 0 Å². The number of ether oxygens (including phenoxy) is 2. The van der Waals surface area contributed by atoms with Gasteiger partial charge in [0, 0.05) is 22.7 Å². The zero-order valence-electron chi connectivity index (χ0n) is 15.2. The van der Waals surface area contributed by atoms with Crippen LogP contribution in [0.15, 0.2) is 41.3 Å². The number of amides is 1. The highest BCUT2D eigenvalue weighted by molar-refractivity contribution is 8.26. The van der Waals surface area contributed by atoms with Crippen molar-refractivity contribution >= 4 is 63.5 Å². The zero-order chi connectivity index (χ0) is 20.3. The van der Waals surface area contributed by atoms with E-state index in [0.717, 1.165) is 11.3 Å². The molecule has 0 bridgehead atoms. The van der Waals surface area contributed by atoms with Crippen molar-refractivity contribution < 1.29 is 14.3 Å². The summed E-state index contributed by atoms with van der Waals surface area (Å²) < 4.78 is 12.1. The van der Waals surface area contributed by atoms with Crippen LogP contribution in [0.3, 0.4) is 0 Å².